The van der Waals surface area contributed by atoms with Crippen LogP contribution in [0.15, 0.2) is 24.3 Å². The Kier molecular flexibility index (Phi) is 4.19. The Bertz CT molecular complexity index is 358. The topological polar surface area (TPSA) is 23.5 Å². The minimum Gasteiger partial charge on any atom is -0.388 e. The first-order valence-corrected chi connectivity index (χ1v) is 6.59. The zero-order valence-corrected chi connectivity index (χ0v) is 10.9. The predicted octanol–water partition coefficient (Wildman–Crippen LogP) is 2.94. The molecule has 0 bridgehead atoms. The minimum atomic E-state index is -0.322. The van der Waals surface area contributed by atoms with E-state index >= 15 is 0 Å². The number of aliphatic hydroxyl groups is 1. The molecule has 1 saturated carbocycles. The third kappa shape index (κ3) is 3.30. The van der Waals surface area contributed by atoms with Crippen LogP contribution in [0.1, 0.15) is 48.8 Å². The van der Waals surface area contributed by atoms with Gasteiger partial charge in [0, 0.05) is 6.54 Å². The number of nitrogens with zero attached hydrogens (tertiary/aromatic N) is 1. The molecule has 2 nitrogen and oxygen atoms in total. The third-order valence-electron chi connectivity index (χ3n) is 3.72. The molecule has 1 atom stereocenters. The van der Waals surface area contributed by atoms with Gasteiger partial charge in [-0.05, 0) is 50.4 Å². The van der Waals surface area contributed by atoms with Crippen molar-refractivity contribution < 1.29 is 5.11 Å². The molecule has 1 unspecified atom stereocenters. The SMILES string of the molecule is CN(C)CCC(O)c1cccc(C2CCC2)c1. The smallest absolute Gasteiger partial charge is 0.0802 e. The van der Waals surface area contributed by atoms with Gasteiger partial charge in [-0.1, -0.05) is 30.7 Å². The highest BCUT2D eigenvalue weighted by Crippen LogP contribution is 2.37. The average molecular weight is 233 g/mol. The van der Waals surface area contributed by atoms with E-state index in [0.29, 0.717) is 0 Å². The fourth-order valence-corrected chi connectivity index (χ4v) is 2.31. The Morgan fingerprint density at radius 1 is 1.35 bits per heavy atom. The van der Waals surface area contributed by atoms with E-state index in [-0.39, 0.29) is 6.10 Å². The number of aliphatic hydroxyl groups excluding tert-OH is 1. The monoisotopic (exact) mass is 233 g/mol. The van der Waals surface area contributed by atoms with Gasteiger partial charge in [0.15, 0.2) is 0 Å². The summed E-state index contributed by atoms with van der Waals surface area (Å²) >= 11 is 0. The van der Waals surface area contributed by atoms with Crippen LogP contribution in [0, 0.1) is 0 Å². The summed E-state index contributed by atoms with van der Waals surface area (Å²) < 4.78 is 0. The van der Waals surface area contributed by atoms with Gasteiger partial charge in [0.2, 0.25) is 0 Å². The molecule has 0 aromatic heterocycles. The molecule has 1 N–H and O–H groups in total. The van der Waals surface area contributed by atoms with Crippen LogP contribution < -0.4 is 0 Å². The van der Waals surface area contributed by atoms with Crippen molar-refractivity contribution >= 4 is 0 Å². The molecule has 2 heteroatoms. The minimum absolute atomic E-state index is 0.322. The molecule has 0 amide bonds. The fraction of sp³-hybridized carbons (Fsp3) is 0.600. The first-order valence-electron chi connectivity index (χ1n) is 6.59. The molecule has 1 aliphatic rings. The molecule has 1 aromatic carbocycles. The second-order valence-electron chi connectivity index (χ2n) is 5.41. The zero-order valence-electron chi connectivity index (χ0n) is 10.9. The molecule has 0 saturated heterocycles. The Labute approximate surface area is 104 Å². The first-order chi connectivity index (χ1) is 8.16. The molecule has 2 rings (SSSR count). The number of benzene rings is 1. The standard InChI is InChI=1S/C15H23NO/c1-16(2)10-9-15(17)14-8-4-7-13(11-14)12-5-3-6-12/h4,7-8,11-12,15,17H,3,5-6,9-10H2,1-2H3. The van der Waals surface area contributed by atoms with Gasteiger partial charge in [0.05, 0.1) is 6.10 Å². The van der Waals surface area contributed by atoms with Crippen LogP contribution in [0.4, 0.5) is 0 Å². The molecule has 1 aliphatic carbocycles. The second kappa shape index (κ2) is 5.65. The molecule has 0 radical (unpaired) electrons. The highest BCUT2D eigenvalue weighted by Gasteiger charge is 2.20. The Balaban J connectivity index is 1.99. The van der Waals surface area contributed by atoms with Crippen molar-refractivity contribution in [3.05, 3.63) is 35.4 Å². The van der Waals surface area contributed by atoms with E-state index in [2.05, 4.69) is 23.1 Å². The van der Waals surface area contributed by atoms with Crippen molar-refractivity contribution in [2.75, 3.05) is 20.6 Å². The quantitative estimate of drug-likeness (QED) is 0.845. The zero-order chi connectivity index (χ0) is 12.3. The van der Waals surface area contributed by atoms with Crippen LogP contribution in [0.2, 0.25) is 0 Å². The number of hydrogen-bond acceptors (Lipinski definition) is 2. The second-order valence-corrected chi connectivity index (χ2v) is 5.41. The van der Waals surface area contributed by atoms with Gasteiger partial charge in [-0.25, -0.2) is 0 Å². The fourth-order valence-electron chi connectivity index (χ4n) is 2.31. The van der Waals surface area contributed by atoms with Crippen molar-refractivity contribution in [2.45, 2.75) is 37.7 Å². The summed E-state index contributed by atoms with van der Waals surface area (Å²) in [7, 11) is 4.08. The van der Waals surface area contributed by atoms with Crippen molar-refractivity contribution in [1.82, 2.24) is 4.90 Å². The average Bonchev–Trinajstić information content (AvgIpc) is 2.24. The molecule has 1 aromatic rings. The lowest BCUT2D eigenvalue weighted by Crippen LogP contribution is -2.16. The number of hydrogen-bond donors (Lipinski definition) is 1. The third-order valence-corrected chi connectivity index (χ3v) is 3.72. The predicted molar refractivity (Wildman–Crippen MR) is 71.2 cm³/mol. The van der Waals surface area contributed by atoms with Gasteiger partial charge in [0.1, 0.15) is 0 Å². The first kappa shape index (κ1) is 12.6. The van der Waals surface area contributed by atoms with E-state index in [1.54, 1.807) is 0 Å². The molecule has 17 heavy (non-hydrogen) atoms. The van der Waals surface area contributed by atoms with Gasteiger partial charge >= 0.3 is 0 Å². The highest BCUT2D eigenvalue weighted by atomic mass is 16.3. The summed E-state index contributed by atoms with van der Waals surface area (Å²) in [6.45, 7) is 0.925. The van der Waals surface area contributed by atoms with E-state index in [0.717, 1.165) is 24.4 Å². The van der Waals surface area contributed by atoms with Gasteiger partial charge in [-0.3, -0.25) is 0 Å². The van der Waals surface area contributed by atoms with Gasteiger partial charge in [-0.15, -0.1) is 0 Å². The maximum Gasteiger partial charge on any atom is 0.0802 e. The van der Waals surface area contributed by atoms with E-state index < -0.39 is 0 Å². The van der Waals surface area contributed by atoms with Crippen LogP contribution in [0.25, 0.3) is 0 Å². The summed E-state index contributed by atoms with van der Waals surface area (Å²) in [6.07, 6.45) is 4.48. The molecular formula is C15H23NO. The maximum atomic E-state index is 10.1. The van der Waals surface area contributed by atoms with Crippen molar-refractivity contribution in [3.8, 4) is 0 Å². The Morgan fingerprint density at radius 3 is 2.71 bits per heavy atom. The largest absolute Gasteiger partial charge is 0.388 e. The molecule has 0 heterocycles. The normalized spacial score (nSPS) is 18.1. The van der Waals surface area contributed by atoms with Crippen LogP contribution in [0.5, 0.6) is 0 Å². The number of rotatable bonds is 5. The summed E-state index contributed by atoms with van der Waals surface area (Å²) in [6, 6.07) is 8.53. The maximum absolute atomic E-state index is 10.1. The van der Waals surface area contributed by atoms with Crippen LogP contribution in [-0.4, -0.2) is 30.6 Å². The Hall–Kier alpha value is -0.860. The van der Waals surface area contributed by atoms with Gasteiger partial charge in [0.25, 0.3) is 0 Å². The van der Waals surface area contributed by atoms with Crippen LogP contribution in [0.3, 0.4) is 0 Å². The molecule has 0 spiro atoms. The summed E-state index contributed by atoms with van der Waals surface area (Å²) in [5.41, 5.74) is 2.49. The van der Waals surface area contributed by atoms with E-state index in [1.165, 1.54) is 24.8 Å². The lowest BCUT2D eigenvalue weighted by Gasteiger charge is -2.26. The lowest BCUT2D eigenvalue weighted by atomic mass is 9.79. The Morgan fingerprint density at radius 2 is 2.12 bits per heavy atom. The van der Waals surface area contributed by atoms with E-state index in [4.69, 9.17) is 0 Å². The van der Waals surface area contributed by atoms with Crippen molar-refractivity contribution in [2.24, 2.45) is 0 Å². The van der Waals surface area contributed by atoms with Crippen LogP contribution >= 0.6 is 0 Å². The van der Waals surface area contributed by atoms with Gasteiger partial charge in [-0.2, -0.15) is 0 Å². The molecular weight excluding hydrogens is 210 g/mol. The van der Waals surface area contributed by atoms with Gasteiger partial charge < -0.3 is 10.0 Å². The molecule has 0 aliphatic heterocycles. The lowest BCUT2D eigenvalue weighted by molar-refractivity contribution is 0.154. The van der Waals surface area contributed by atoms with E-state index in [1.807, 2.05) is 20.2 Å². The molecule has 1 fully saturated rings. The summed E-state index contributed by atoms with van der Waals surface area (Å²) in [5, 5.41) is 10.1. The van der Waals surface area contributed by atoms with Crippen LogP contribution in [-0.2, 0) is 0 Å². The van der Waals surface area contributed by atoms with Crippen molar-refractivity contribution in [3.63, 3.8) is 0 Å². The highest BCUT2D eigenvalue weighted by molar-refractivity contribution is 5.29. The summed E-state index contributed by atoms with van der Waals surface area (Å²) in [5.74, 6) is 0.746. The molecule has 94 valence electrons. The summed E-state index contributed by atoms with van der Waals surface area (Å²) in [4.78, 5) is 2.11. The van der Waals surface area contributed by atoms with Crippen molar-refractivity contribution in [1.29, 1.82) is 0 Å². The van der Waals surface area contributed by atoms with E-state index in [9.17, 15) is 5.11 Å².